The maximum absolute atomic E-state index is 12.9. The summed E-state index contributed by atoms with van der Waals surface area (Å²) in [5.41, 5.74) is 1.35. The number of carbonyl (C=O) groups excluding carboxylic acids is 1. The summed E-state index contributed by atoms with van der Waals surface area (Å²) in [5, 5.41) is 6.61. The van der Waals surface area contributed by atoms with Crippen LogP contribution in [0.4, 0.5) is 0 Å². The highest BCUT2D eigenvalue weighted by atomic mass is 32.1. The number of fused-ring (bicyclic) bond motifs is 1. The summed E-state index contributed by atoms with van der Waals surface area (Å²) < 4.78 is 1.50. The van der Waals surface area contributed by atoms with Crippen LogP contribution in [0, 0.1) is 0 Å². The second kappa shape index (κ2) is 6.62. The Hall–Kier alpha value is -2.77. The maximum atomic E-state index is 12.9. The second-order valence-corrected chi connectivity index (χ2v) is 7.21. The Balaban J connectivity index is 1.72. The van der Waals surface area contributed by atoms with Gasteiger partial charge in [0.2, 0.25) is 0 Å². The van der Waals surface area contributed by atoms with Crippen molar-refractivity contribution in [2.45, 2.75) is 6.54 Å². The molecular formula is C18H13N3O2S2. The van der Waals surface area contributed by atoms with E-state index in [1.54, 1.807) is 11.3 Å². The summed E-state index contributed by atoms with van der Waals surface area (Å²) in [7, 11) is 0. The molecule has 0 atom stereocenters. The molecule has 5 nitrogen and oxygen atoms in total. The van der Waals surface area contributed by atoms with Crippen molar-refractivity contribution in [2.75, 3.05) is 0 Å². The van der Waals surface area contributed by atoms with Crippen LogP contribution in [0.25, 0.3) is 16.2 Å². The smallest absolute Gasteiger partial charge is 0.271 e. The van der Waals surface area contributed by atoms with E-state index in [2.05, 4.69) is 10.3 Å². The van der Waals surface area contributed by atoms with Gasteiger partial charge in [-0.25, -0.2) is 4.98 Å². The minimum atomic E-state index is -0.412. The molecule has 3 heterocycles. The topological polar surface area (TPSA) is 63.5 Å². The van der Waals surface area contributed by atoms with Gasteiger partial charge in [-0.3, -0.25) is 14.0 Å². The van der Waals surface area contributed by atoms with E-state index in [0.29, 0.717) is 11.5 Å². The van der Waals surface area contributed by atoms with E-state index in [0.717, 1.165) is 16.1 Å². The fraction of sp³-hybridized carbons (Fsp3) is 0.0556. The number of hydrogen-bond donors (Lipinski definition) is 1. The van der Waals surface area contributed by atoms with Crippen molar-refractivity contribution in [3.8, 4) is 11.3 Å². The second-order valence-electron chi connectivity index (χ2n) is 5.34. The first-order valence-corrected chi connectivity index (χ1v) is 9.35. The average Bonchev–Trinajstić information content (AvgIpc) is 3.31. The van der Waals surface area contributed by atoms with Crippen LogP contribution in [-0.2, 0) is 6.54 Å². The molecule has 0 saturated carbocycles. The number of thiazole rings is 1. The van der Waals surface area contributed by atoms with Gasteiger partial charge in [-0.1, -0.05) is 36.4 Å². The van der Waals surface area contributed by atoms with Crippen molar-refractivity contribution in [1.29, 1.82) is 0 Å². The minimum absolute atomic E-state index is 0.0460. The van der Waals surface area contributed by atoms with Gasteiger partial charge in [0.05, 0.1) is 12.2 Å². The molecule has 4 aromatic rings. The van der Waals surface area contributed by atoms with E-state index in [4.69, 9.17) is 0 Å². The number of thiophene rings is 1. The maximum Gasteiger partial charge on any atom is 0.271 e. The Morgan fingerprint density at radius 3 is 2.72 bits per heavy atom. The number of hydrogen-bond acceptors (Lipinski definition) is 5. The highest BCUT2D eigenvalue weighted by Gasteiger charge is 2.16. The molecule has 0 saturated heterocycles. The highest BCUT2D eigenvalue weighted by Crippen LogP contribution is 2.23. The lowest BCUT2D eigenvalue weighted by Crippen LogP contribution is -2.31. The number of amides is 1. The van der Waals surface area contributed by atoms with Gasteiger partial charge in [0.15, 0.2) is 4.96 Å². The third-order valence-corrected chi connectivity index (χ3v) is 5.48. The Bertz CT molecular complexity index is 1080. The summed E-state index contributed by atoms with van der Waals surface area (Å²) in [5.74, 6) is -0.412. The standard InChI is InChI=1S/C18H13N3O2S2/c22-16(19-9-13-7-4-8-24-13)14-10-20-18-21(17(14)23)15(11-25-18)12-5-2-1-3-6-12/h1-8,10-11H,9H2,(H,19,22). The Morgan fingerprint density at radius 1 is 1.12 bits per heavy atom. The van der Waals surface area contributed by atoms with Gasteiger partial charge in [-0.05, 0) is 17.0 Å². The average molecular weight is 367 g/mol. The molecule has 7 heteroatoms. The third kappa shape index (κ3) is 2.99. The SMILES string of the molecule is O=C(NCc1cccs1)c1cnc2scc(-c3ccccc3)n2c1=O. The van der Waals surface area contributed by atoms with Crippen molar-refractivity contribution in [1.82, 2.24) is 14.7 Å². The normalized spacial score (nSPS) is 10.9. The zero-order valence-corrected chi connectivity index (χ0v) is 14.6. The molecule has 0 spiro atoms. The number of rotatable bonds is 4. The number of benzene rings is 1. The molecule has 0 aliphatic heterocycles. The van der Waals surface area contributed by atoms with Crippen LogP contribution in [0.2, 0.25) is 0 Å². The first-order valence-electron chi connectivity index (χ1n) is 7.59. The zero-order chi connectivity index (χ0) is 17.2. The molecule has 0 unspecified atom stereocenters. The summed E-state index contributed by atoms with van der Waals surface area (Å²) in [4.78, 5) is 31.2. The van der Waals surface area contributed by atoms with Crippen LogP contribution in [-0.4, -0.2) is 15.3 Å². The summed E-state index contributed by atoms with van der Waals surface area (Å²) >= 11 is 2.93. The lowest BCUT2D eigenvalue weighted by molar-refractivity contribution is 0.0949. The molecule has 0 bridgehead atoms. The molecule has 3 aromatic heterocycles. The molecular weight excluding hydrogens is 354 g/mol. The van der Waals surface area contributed by atoms with E-state index in [9.17, 15) is 9.59 Å². The van der Waals surface area contributed by atoms with Crippen LogP contribution in [0.1, 0.15) is 15.2 Å². The van der Waals surface area contributed by atoms with Gasteiger partial charge in [0.1, 0.15) is 5.56 Å². The van der Waals surface area contributed by atoms with Crippen molar-refractivity contribution < 1.29 is 4.79 Å². The van der Waals surface area contributed by atoms with Crippen LogP contribution in [0.5, 0.6) is 0 Å². The zero-order valence-electron chi connectivity index (χ0n) is 13.0. The van der Waals surface area contributed by atoms with Gasteiger partial charge >= 0.3 is 0 Å². The van der Waals surface area contributed by atoms with Crippen LogP contribution in [0.15, 0.2) is 64.2 Å². The van der Waals surface area contributed by atoms with Gasteiger partial charge < -0.3 is 5.32 Å². The first kappa shape index (κ1) is 15.7. The lowest BCUT2D eigenvalue weighted by atomic mass is 10.2. The Kier molecular flexibility index (Phi) is 4.17. The number of aromatic nitrogens is 2. The molecule has 0 aliphatic carbocycles. The molecule has 0 fully saturated rings. The minimum Gasteiger partial charge on any atom is -0.347 e. The molecule has 4 rings (SSSR count). The number of carbonyl (C=O) groups is 1. The predicted octanol–water partition coefficient (Wildman–Crippen LogP) is 3.41. The van der Waals surface area contributed by atoms with Crippen molar-refractivity contribution in [3.63, 3.8) is 0 Å². The summed E-state index contributed by atoms with van der Waals surface area (Å²) in [6.07, 6.45) is 1.35. The summed E-state index contributed by atoms with van der Waals surface area (Å²) in [6, 6.07) is 13.5. The molecule has 1 N–H and O–H groups in total. The fourth-order valence-corrected chi connectivity index (χ4v) is 4.04. The third-order valence-electron chi connectivity index (χ3n) is 3.76. The Morgan fingerprint density at radius 2 is 1.96 bits per heavy atom. The van der Waals surface area contributed by atoms with Crippen molar-refractivity contribution in [3.05, 3.63) is 80.2 Å². The van der Waals surface area contributed by atoms with E-state index in [-0.39, 0.29) is 11.1 Å². The van der Waals surface area contributed by atoms with Gasteiger partial charge in [-0.2, -0.15) is 0 Å². The van der Waals surface area contributed by atoms with E-state index in [1.807, 2.05) is 53.2 Å². The molecule has 0 radical (unpaired) electrons. The van der Waals surface area contributed by atoms with E-state index in [1.165, 1.54) is 21.9 Å². The van der Waals surface area contributed by atoms with E-state index >= 15 is 0 Å². The monoisotopic (exact) mass is 367 g/mol. The summed E-state index contributed by atoms with van der Waals surface area (Å²) in [6.45, 7) is 0.397. The van der Waals surface area contributed by atoms with Crippen molar-refractivity contribution >= 4 is 33.5 Å². The predicted molar refractivity (Wildman–Crippen MR) is 100 cm³/mol. The quantitative estimate of drug-likeness (QED) is 0.601. The van der Waals surface area contributed by atoms with E-state index < -0.39 is 5.91 Å². The van der Waals surface area contributed by atoms with Crippen LogP contribution < -0.4 is 10.9 Å². The van der Waals surface area contributed by atoms with Crippen LogP contribution >= 0.6 is 22.7 Å². The Labute approximate surface area is 151 Å². The molecule has 0 aliphatic rings. The largest absolute Gasteiger partial charge is 0.347 e. The molecule has 1 aromatic carbocycles. The lowest BCUT2D eigenvalue weighted by Gasteiger charge is -2.05. The molecule has 25 heavy (non-hydrogen) atoms. The first-order chi connectivity index (χ1) is 12.2. The van der Waals surface area contributed by atoms with Gasteiger partial charge in [0.25, 0.3) is 11.5 Å². The van der Waals surface area contributed by atoms with Crippen LogP contribution in [0.3, 0.4) is 0 Å². The highest BCUT2D eigenvalue weighted by molar-refractivity contribution is 7.15. The number of nitrogens with one attached hydrogen (secondary N) is 1. The van der Waals surface area contributed by atoms with Gasteiger partial charge in [-0.15, -0.1) is 22.7 Å². The van der Waals surface area contributed by atoms with Crippen molar-refractivity contribution in [2.24, 2.45) is 0 Å². The molecule has 124 valence electrons. The number of nitrogens with zero attached hydrogens (tertiary/aromatic N) is 2. The molecule has 1 amide bonds. The van der Waals surface area contributed by atoms with Gasteiger partial charge in [0, 0.05) is 16.5 Å². The fourth-order valence-electron chi connectivity index (χ4n) is 2.53.